The highest BCUT2D eigenvalue weighted by atomic mass is 19.4. The van der Waals surface area contributed by atoms with Gasteiger partial charge in [-0.1, -0.05) is 24.3 Å². The fourth-order valence-electron chi connectivity index (χ4n) is 2.42. The number of rotatable bonds is 8. The molecule has 0 radical (unpaired) electrons. The second-order valence-corrected chi connectivity index (χ2v) is 6.46. The van der Waals surface area contributed by atoms with Gasteiger partial charge in [0.2, 0.25) is 16.9 Å². The Bertz CT molecular complexity index is 1070. The summed E-state index contributed by atoms with van der Waals surface area (Å²) in [4.78, 5) is 46.6. The summed E-state index contributed by atoms with van der Waals surface area (Å²) in [6, 6.07) is 5.96. The zero-order chi connectivity index (χ0) is 24.6. The Morgan fingerprint density at radius 3 is 2.21 bits per heavy atom. The molecule has 5 N–H and O–H groups in total. The molecular formula is C19H18F3N3O8. The summed E-state index contributed by atoms with van der Waals surface area (Å²) >= 11 is 0. The van der Waals surface area contributed by atoms with Gasteiger partial charge in [0.15, 0.2) is 5.76 Å². The molecule has 0 spiro atoms. The summed E-state index contributed by atoms with van der Waals surface area (Å²) in [5, 5.41) is 22.6. The quantitative estimate of drug-likeness (QED) is 0.217. The lowest BCUT2D eigenvalue weighted by Gasteiger charge is -2.09. The lowest BCUT2D eigenvalue weighted by Crippen LogP contribution is -2.35. The van der Waals surface area contributed by atoms with Crippen LogP contribution in [-0.2, 0) is 17.8 Å². The molecule has 33 heavy (non-hydrogen) atoms. The second kappa shape index (κ2) is 11.0. The highest BCUT2D eigenvalue weighted by molar-refractivity contribution is 5.95. The average molecular weight is 473 g/mol. The second-order valence-electron chi connectivity index (χ2n) is 6.46. The maximum Gasteiger partial charge on any atom is 0.407 e. The van der Waals surface area contributed by atoms with Crippen molar-refractivity contribution < 1.29 is 47.0 Å². The maximum absolute atomic E-state index is 12.3. The number of nitrogens with one attached hydrogen (secondary N) is 3. The molecule has 0 aliphatic rings. The smallest absolute Gasteiger partial charge is 0.407 e. The number of aromatic hydroxyl groups is 1. The molecule has 0 saturated heterocycles. The number of hydroxylamine groups is 1. The lowest BCUT2D eigenvalue weighted by atomic mass is 10.1. The fourth-order valence-corrected chi connectivity index (χ4v) is 2.42. The highest BCUT2D eigenvalue weighted by Crippen LogP contribution is 2.21. The first-order valence-electron chi connectivity index (χ1n) is 9.15. The van der Waals surface area contributed by atoms with Crippen molar-refractivity contribution >= 4 is 17.9 Å². The molecule has 0 aliphatic heterocycles. The van der Waals surface area contributed by atoms with Crippen LogP contribution in [0.2, 0.25) is 0 Å². The van der Waals surface area contributed by atoms with Crippen molar-refractivity contribution in [3.63, 3.8) is 0 Å². The van der Waals surface area contributed by atoms with Gasteiger partial charge in [0.25, 0.3) is 5.91 Å². The zero-order valence-electron chi connectivity index (χ0n) is 16.7. The van der Waals surface area contributed by atoms with Crippen molar-refractivity contribution in [3.05, 3.63) is 63.2 Å². The summed E-state index contributed by atoms with van der Waals surface area (Å²) in [5.41, 5.74) is 0.583. The van der Waals surface area contributed by atoms with Gasteiger partial charge in [-0.2, -0.15) is 13.2 Å². The number of benzene rings is 1. The summed E-state index contributed by atoms with van der Waals surface area (Å²) in [6.45, 7) is -0.452. The van der Waals surface area contributed by atoms with Crippen molar-refractivity contribution in [2.24, 2.45) is 0 Å². The van der Waals surface area contributed by atoms with Crippen LogP contribution in [0.4, 0.5) is 18.0 Å². The molecule has 1 aromatic carbocycles. The van der Waals surface area contributed by atoms with Crippen molar-refractivity contribution in [2.45, 2.75) is 19.2 Å². The molecule has 178 valence electrons. The Morgan fingerprint density at radius 2 is 1.61 bits per heavy atom. The van der Waals surface area contributed by atoms with Gasteiger partial charge in [0.05, 0.1) is 6.42 Å². The number of carbonyl (C=O) groups is 3. The minimum Gasteiger partial charge on any atom is -0.501 e. The van der Waals surface area contributed by atoms with E-state index >= 15 is 0 Å². The summed E-state index contributed by atoms with van der Waals surface area (Å²) in [6.07, 6.45) is -6.25. The van der Waals surface area contributed by atoms with E-state index < -0.39 is 53.2 Å². The van der Waals surface area contributed by atoms with E-state index in [1.807, 2.05) is 0 Å². The van der Waals surface area contributed by atoms with E-state index in [0.29, 0.717) is 11.6 Å². The molecule has 14 heteroatoms. The predicted octanol–water partition coefficient (Wildman–Crippen LogP) is 1.23. The van der Waals surface area contributed by atoms with E-state index in [9.17, 15) is 37.5 Å². The molecule has 0 unspecified atom stereocenters. The van der Waals surface area contributed by atoms with Crippen LogP contribution in [0.15, 0.2) is 39.5 Å². The zero-order valence-corrected chi connectivity index (χ0v) is 16.7. The highest BCUT2D eigenvalue weighted by Gasteiger charge is 2.27. The largest absolute Gasteiger partial charge is 0.501 e. The first kappa shape index (κ1) is 25.2. The van der Waals surface area contributed by atoms with Crippen LogP contribution < -0.4 is 21.5 Å². The number of alkyl halides is 3. The van der Waals surface area contributed by atoms with Crippen LogP contribution >= 0.6 is 0 Å². The molecule has 0 bridgehead atoms. The van der Waals surface area contributed by atoms with Gasteiger partial charge in [-0.05, 0) is 11.1 Å². The number of hydrogen-bond acceptors (Lipinski definition) is 8. The predicted molar refractivity (Wildman–Crippen MR) is 103 cm³/mol. The van der Waals surface area contributed by atoms with Crippen LogP contribution in [-0.4, -0.2) is 47.5 Å². The van der Waals surface area contributed by atoms with E-state index in [2.05, 4.69) is 10.6 Å². The molecule has 1 heterocycles. The number of hydrogen-bond donors (Lipinski definition) is 5. The Morgan fingerprint density at radius 1 is 1.00 bits per heavy atom. The number of amides is 3. The third-order valence-electron chi connectivity index (χ3n) is 3.93. The SMILES string of the molecule is O=C(NCCNC(=O)c1cc(=O)c(O)c(C(=O)NO)o1)OCc1ccc(CC(F)(F)F)cc1. The molecule has 3 amide bonds. The van der Waals surface area contributed by atoms with Crippen LogP contribution in [0, 0.1) is 0 Å². The Hall–Kier alpha value is -4.07. The molecule has 0 saturated carbocycles. The number of ether oxygens (including phenoxy) is 1. The van der Waals surface area contributed by atoms with Crippen molar-refractivity contribution in [3.8, 4) is 5.75 Å². The normalized spacial score (nSPS) is 10.9. The Labute approximate surface area is 183 Å². The topological polar surface area (TPSA) is 167 Å². The third kappa shape index (κ3) is 7.84. The van der Waals surface area contributed by atoms with Gasteiger partial charge in [0.1, 0.15) is 6.61 Å². The van der Waals surface area contributed by atoms with Gasteiger partial charge < -0.3 is 24.9 Å². The molecule has 0 aliphatic carbocycles. The van der Waals surface area contributed by atoms with Gasteiger partial charge in [-0.25, -0.2) is 10.3 Å². The molecule has 11 nitrogen and oxygen atoms in total. The minimum atomic E-state index is -4.32. The van der Waals surface area contributed by atoms with E-state index in [1.54, 1.807) is 0 Å². The molecule has 2 aromatic rings. The van der Waals surface area contributed by atoms with Crippen molar-refractivity contribution in [2.75, 3.05) is 13.1 Å². The van der Waals surface area contributed by atoms with Gasteiger partial charge in [-0.15, -0.1) is 0 Å². The van der Waals surface area contributed by atoms with Crippen molar-refractivity contribution in [1.82, 2.24) is 16.1 Å². The standard InChI is InChI=1S/C19H18F3N3O8/c20-19(21,22)8-10-1-3-11(4-2-10)9-32-18(30)24-6-5-23-16(28)13-7-12(26)14(27)15(33-13)17(29)25-31/h1-4,7,27,31H,5-6,8-9H2,(H,23,28)(H,24,30)(H,25,29). The van der Waals surface area contributed by atoms with Crippen LogP contribution in [0.5, 0.6) is 5.75 Å². The summed E-state index contributed by atoms with van der Waals surface area (Å²) in [5.74, 6) is -5.00. The first-order chi connectivity index (χ1) is 15.5. The van der Waals surface area contributed by atoms with E-state index in [4.69, 9.17) is 14.4 Å². The van der Waals surface area contributed by atoms with Crippen LogP contribution in [0.1, 0.15) is 32.2 Å². The third-order valence-corrected chi connectivity index (χ3v) is 3.93. The fraction of sp³-hybridized carbons (Fsp3) is 0.263. The van der Waals surface area contributed by atoms with Crippen LogP contribution in [0.25, 0.3) is 0 Å². The summed E-state index contributed by atoms with van der Waals surface area (Å²) < 4.78 is 46.7. The molecule has 2 rings (SSSR count). The van der Waals surface area contributed by atoms with Gasteiger partial charge in [0, 0.05) is 19.2 Å². The van der Waals surface area contributed by atoms with E-state index in [1.165, 1.54) is 24.3 Å². The number of alkyl carbamates (subject to hydrolysis) is 1. The Balaban J connectivity index is 1.77. The first-order valence-corrected chi connectivity index (χ1v) is 9.15. The molecular weight excluding hydrogens is 455 g/mol. The van der Waals surface area contributed by atoms with Gasteiger partial charge in [-0.3, -0.25) is 19.6 Å². The molecule has 0 atom stereocenters. The van der Waals surface area contributed by atoms with E-state index in [-0.39, 0.29) is 25.3 Å². The number of halogens is 3. The summed E-state index contributed by atoms with van der Waals surface area (Å²) in [7, 11) is 0. The maximum atomic E-state index is 12.3. The number of carbonyl (C=O) groups excluding carboxylic acids is 3. The van der Waals surface area contributed by atoms with Gasteiger partial charge >= 0.3 is 18.2 Å². The van der Waals surface area contributed by atoms with Crippen molar-refractivity contribution in [1.29, 1.82) is 0 Å². The van der Waals surface area contributed by atoms with E-state index in [0.717, 1.165) is 5.48 Å². The Kier molecular flexibility index (Phi) is 8.39. The van der Waals surface area contributed by atoms with Crippen LogP contribution in [0.3, 0.4) is 0 Å². The minimum absolute atomic E-state index is 0.0695. The molecule has 0 fully saturated rings. The molecule has 1 aromatic heterocycles. The monoisotopic (exact) mass is 473 g/mol. The lowest BCUT2D eigenvalue weighted by molar-refractivity contribution is -0.127. The average Bonchev–Trinajstić information content (AvgIpc) is 2.76.